The van der Waals surface area contributed by atoms with E-state index in [0.717, 1.165) is 37.0 Å². The first-order valence-corrected chi connectivity index (χ1v) is 11.8. The van der Waals surface area contributed by atoms with Crippen molar-refractivity contribution in [3.63, 3.8) is 0 Å². The Balaban J connectivity index is 1.53. The zero-order valence-corrected chi connectivity index (χ0v) is 19.3. The summed E-state index contributed by atoms with van der Waals surface area (Å²) < 4.78 is 85.9. The van der Waals surface area contributed by atoms with Crippen LogP contribution >= 0.6 is 0 Å². The van der Waals surface area contributed by atoms with Gasteiger partial charge in [-0.3, -0.25) is 0 Å². The van der Waals surface area contributed by atoms with E-state index < -0.39 is 23.8 Å². The Morgan fingerprint density at radius 3 is 2.29 bits per heavy atom. The quantitative estimate of drug-likeness (QED) is 0.237. The van der Waals surface area contributed by atoms with Crippen LogP contribution in [0.5, 0.6) is 5.75 Å². The lowest BCUT2D eigenvalue weighted by Gasteiger charge is -2.27. The van der Waals surface area contributed by atoms with Gasteiger partial charge in [-0.25, -0.2) is 13.2 Å². The molecule has 0 N–H and O–H groups in total. The van der Waals surface area contributed by atoms with Crippen molar-refractivity contribution in [2.45, 2.75) is 64.1 Å². The lowest BCUT2D eigenvalue weighted by Crippen LogP contribution is -2.17. The molecule has 1 unspecified atom stereocenters. The third-order valence-corrected chi connectivity index (χ3v) is 6.63. The molecule has 0 heterocycles. The second-order valence-corrected chi connectivity index (χ2v) is 8.98. The molecule has 186 valence electrons. The summed E-state index contributed by atoms with van der Waals surface area (Å²) in [5.41, 5.74) is 2.64. The largest absolute Gasteiger partial charge is 0.573 e. The molecule has 0 aliphatic heterocycles. The van der Waals surface area contributed by atoms with E-state index in [4.69, 9.17) is 0 Å². The Morgan fingerprint density at radius 1 is 0.857 bits per heavy atom. The van der Waals surface area contributed by atoms with Crippen molar-refractivity contribution in [2.75, 3.05) is 0 Å². The second kappa shape index (κ2) is 10.3. The van der Waals surface area contributed by atoms with E-state index in [-0.39, 0.29) is 17.2 Å². The minimum absolute atomic E-state index is 0.259. The maximum absolute atomic E-state index is 15.3. The number of halogens is 6. The molecule has 3 aromatic rings. The van der Waals surface area contributed by atoms with Gasteiger partial charge in [-0.1, -0.05) is 56.2 Å². The van der Waals surface area contributed by atoms with E-state index in [0.29, 0.717) is 47.9 Å². The van der Waals surface area contributed by atoms with Crippen LogP contribution in [0.1, 0.15) is 60.8 Å². The molecule has 1 aliphatic carbocycles. The van der Waals surface area contributed by atoms with Crippen LogP contribution in [0.4, 0.5) is 26.3 Å². The molecule has 1 aliphatic rings. The molecule has 4 rings (SSSR count). The molecule has 0 amide bonds. The van der Waals surface area contributed by atoms with Crippen LogP contribution in [0.25, 0.3) is 11.1 Å². The molecule has 0 radical (unpaired) electrons. The predicted molar refractivity (Wildman–Crippen MR) is 123 cm³/mol. The van der Waals surface area contributed by atoms with Gasteiger partial charge in [0.1, 0.15) is 11.6 Å². The fourth-order valence-electron chi connectivity index (χ4n) is 4.81. The minimum Gasteiger partial charge on any atom is -0.406 e. The van der Waals surface area contributed by atoms with Gasteiger partial charge in [-0.05, 0) is 78.0 Å². The highest BCUT2D eigenvalue weighted by molar-refractivity contribution is 5.67. The number of unbranched alkanes of at least 4 members (excludes halogenated alkanes) is 2. The molecular formula is C28H26F6O. The summed E-state index contributed by atoms with van der Waals surface area (Å²) in [6, 6.07) is 11.7. The van der Waals surface area contributed by atoms with Crippen LogP contribution in [0.15, 0.2) is 48.5 Å². The average molecular weight is 493 g/mol. The summed E-state index contributed by atoms with van der Waals surface area (Å²) in [4.78, 5) is 0. The Bertz CT molecular complexity index is 1180. The SMILES string of the molecule is CCCCCc1ccc(C2CCc3c(ccc(-c4ccc(OC(F)(F)F)cc4)c3F)C2)c(F)c1F. The van der Waals surface area contributed by atoms with Crippen LogP contribution in [0.3, 0.4) is 0 Å². The number of hydrogen-bond donors (Lipinski definition) is 0. The van der Waals surface area contributed by atoms with Crippen molar-refractivity contribution in [3.8, 4) is 16.9 Å². The Labute approximate surface area is 200 Å². The third kappa shape index (κ3) is 5.65. The molecule has 0 bridgehead atoms. The van der Waals surface area contributed by atoms with Gasteiger partial charge in [0.15, 0.2) is 11.6 Å². The summed E-state index contributed by atoms with van der Waals surface area (Å²) in [6.45, 7) is 2.05. The third-order valence-electron chi connectivity index (χ3n) is 6.63. The Hall–Kier alpha value is -2.96. The summed E-state index contributed by atoms with van der Waals surface area (Å²) in [5, 5.41) is 0. The fraction of sp³-hybridized carbons (Fsp3) is 0.357. The van der Waals surface area contributed by atoms with Crippen LogP contribution in [0.2, 0.25) is 0 Å². The maximum atomic E-state index is 15.3. The van der Waals surface area contributed by atoms with E-state index in [1.54, 1.807) is 24.3 Å². The van der Waals surface area contributed by atoms with Gasteiger partial charge >= 0.3 is 6.36 Å². The van der Waals surface area contributed by atoms with E-state index in [1.165, 1.54) is 12.1 Å². The number of hydrogen-bond acceptors (Lipinski definition) is 1. The predicted octanol–water partition coefficient (Wildman–Crippen LogP) is 8.67. The van der Waals surface area contributed by atoms with Crippen molar-refractivity contribution in [1.29, 1.82) is 0 Å². The lowest BCUT2D eigenvalue weighted by atomic mass is 9.78. The van der Waals surface area contributed by atoms with Crippen LogP contribution in [-0.4, -0.2) is 6.36 Å². The summed E-state index contributed by atoms with van der Waals surface area (Å²) >= 11 is 0. The van der Waals surface area contributed by atoms with Crippen molar-refractivity contribution in [3.05, 3.63) is 88.2 Å². The molecule has 0 fully saturated rings. The molecule has 1 nitrogen and oxygen atoms in total. The highest BCUT2D eigenvalue weighted by atomic mass is 19.4. The smallest absolute Gasteiger partial charge is 0.406 e. The first kappa shape index (κ1) is 25.1. The molecule has 35 heavy (non-hydrogen) atoms. The summed E-state index contributed by atoms with van der Waals surface area (Å²) in [6.07, 6.45) is -0.319. The summed E-state index contributed by atoms with van der Waals surface area (Å²) in [7, 11) is 0. The van der Waals surface area contributed by atoms with Gasteiger partial charge in [0.05, 0.1) is 0 Å². The fourth-order valence-corrected chi connectivity index (χ4v) is 4.81. The number of rotatable bonds is 7. The van der Waals surface area contributed by atoms with Crippen molar-refractivity contribution >= 4 is 0 Å². The van der Waals surface area contributed by atoms with E-state index in [1.807, 2.05) is 0 Å². The van der Waals surface area contributed by atoms with Gasteiger partial charge < -0.3 is 4.74 Å². The van der Waals surface area contributed by atoms with Crippen molar-refractivity contribution in [2.24, 2.45) is 0 Å². The first-order chi connectivity index (χ1) is 16.7. The van der Waals surface area contributed by atoms with E-state index >= 15 is 4.39 Å². The van der Waals surface area contributed by atoms with Gasteiger partial charge in [0.2, 0.25) is 0 Å². The standard InChI is InChI=1S/C28H26F6O/c1-2-3-4-5-18-8-13-24(27(31)25(18)29)20-10-15-23-19(16-20)9-14-22(26(23)30)17-6-11-21(12-7-17)35-28(32,33)34/h6-9,11-14,20H,2-5,10,15-16H2,1H3. The maximum Gasteiger partial charge on any atom is 0.573 e. The highest BCUT2D eigenvalue weighted by Crippen LogP contribution is 2.39. The van der Waals surface area contributed by atoms with Crippen LogP contribution < -0.4 is 4.74 Å². The van der Waals surface area contributed by atoms with Gasteiger partial charge in [0.25, 0.3) is 0 Å². The molecule has 0 saturated carbocycles. The number of aryl methyl sites for hydroxylation is 1. The first-order valence-electron chi connectivity index (χ1n) is 11.8. The van der Waals surface area contributed by atoms with E-state index in [2.05, 4.69) is 11.7 Å². The zero-order valence-electron chi connectivity index (χ0n) is 19.3. The molecule has 3 aromatic carbocycles. The monoisotopic (exact) mass is 492 g/mol. The Morgan fingerprint density at radius 2 is 1.60 bits per heavy atom. The molecule has 7 heteroatoms. The highest BCUT2D eigenvalue weighted by Gasteiger charge is 2.31. The summed E-state index contributed by atoms with van der Waals surface area (Å²) in [5.74, 6) is -2.68. The average Bonchev–Trinajstić information content (AvgIpc) is 2.82. The van der Waals surface area contributed by atoms with Crippen molar-refractivity contribution in [1.82, 2.24) is 0 Å². The van der Waals surface area contributed by atoms with E-state index in [9.17, 15) is 22.0 Å². The van der Waals surface area contributed by atoms with Gasteiger partial charge in [-0.2, -0.15) is 0 Å². The molecule has 0 aromatic heterocycles. The van der Waals surface area contributed by atoms with Gasteiger partial charge in [0, 0.05) is 5.56 Å². The number of ether oxygens (including phenoxy) is 1. The minimum atomic E-state index is -4.80. The van der Waals surface area contributed by atoms with Crippen molar-refractivity contribution < 1.29 is 31.1 Å². The number of fused-ring (bicyclic) bond motifs is 1. The molecule has 0 spiro atoms. The Kier molecular flexibility index (Phi) is 7.43. The zero-order chi connectivity index (χ0) is 25.2. The topological polar surface area (TPSA) is 9.23 Å². The van der Waals surface area contributed by atoms with Gasteiger partial charge in [-0.15, -0.1) is 13.2 Å². The number of alkyl halides is 3. The number of benzene rings is 3. The molecule has 0 saturated heterocycles. The lowest BCUT2D eigenvalue weighted by molar-refractivity contribution is -0.274. The second-order valence-electron chi connectivity index (χ2n) is 8.98. The molecule has 1 atom stereocenters. The normalized spacial score (nSPS) is 15.7. The van der Waals surface area contributed by atoms with Crippen LogP contribution in [-0.2, 0) is 19.3 Å². The van der Waals surface area contributed by atoms with Crippen LogP contribution in [0, 0.1) is 17.5 Å². The molecular weight excluding hydrogens is 466 g/mol.